The number of Topliss-reactive ketones (excluding diaryl/α,β-unsaturated/α-hetero) is 1. The lowest BCUT2D eigenvalue weighted by atomic mass is 9.90. The Bertz CT molecular complexity index is 1650. The van der Waals surface area contributed by atoms with Crippen LogP contribution in [0.15, 0.2) is 121 Å². The predicted octanol–water partition coefficient (Wildman–Crippen LogP) is 9.03. The van der Waals surface area contributed by atoms with Gasteiger partial charge in [0, 0.05) is 22.7 Å². The second-order valence-corrected chi connectivity index (χ2v) is 13.3. The minimum Gasteiger partial charge on any atom is -0.488 e. The fraction of sp³-hybridized carbons (Fsp3) is 0.184. The van der Waals surface area contributed by atoms with Crippen LogP contribution in [-0.4, -0.2) is 5.78 Å². The van der Waals surface area contributed by atoms with Gasteiger partial charge in [-0.2, -0.15) is 0 Å². The molecule has 0 heterocycles. The summed E-state index contributed by atoms with van der Waals surface area (Å²) in [6.07, 6.45) is 1.53. The van der Waals surface area contributed by atoms with Crippen molar-refractivity contribution in [2.45, 2.75) is 45.4 Å². The molecule has 5 aromatic rings. The Morgan fingerprint density at radius 1 is 0.714 bits per heavy atom. The standard InChI is InChI=1S/C38H36FO2P/c1-27(40)34-25-33(39)19-20-36(34)42-38(2,3)35-24-31(21-28-13-7-4-8-14-28)23-32(22-29-15-9-5-10-16-29)37(35)41-26-30-17-11-6-12-18-30/h4-20,23-25,42H,21-22,26H2,1-3H3. The number of rotatable bonds is 11. The van der Waals surface area contributed by atoms with Gasteiger partial charge in [0.15, 0.2) is 5.78 Å². The fourth-order valence-corrected chi connectivity index (χ4v) is 6.86. The Hall–Kier alpha value is -4.07. The molecule has 0 bridgehead atoms. The van der Waals surface area contributed by atoms with Crippen molar-refractivity contribution in [1.82, 2.24) is 0 Å². The van der Waals surface area contributed by atoms with Crippen LogP contribution in [0.1, 0.15) is 64.5 Å². The second kappa shape index (κ2) is 13.3. The SMILES string of the molecule is CC(=O)c1cc(F)ccc1PC(C)(C)c1cc(Cc2ccccc2)cc(Cc2ccccc2)c1OCc1ccccc1. The van der Waals surface area contributed by atoms with E-state index in [1.165, 1.54) is 35.7 Å². The van der Waals surface area contributed by atoms with Crippen LogP contribution in [0, 0.1) is 5.82 Å². The smallest absolute Gasteiger partial charge is 0.160 e. The molecule has 4 heteroatoms. The summed E-state index contributed by atoms with van der Waals surface area (Å²) < 4.78 is 20.9. The van der Waals surface area contributed by atoms with E-state index < -0.39 is 11.0 Å². The molecular weight excluding hydrogens is 538 g/mol. The number of hydrogen-bond donors (Lipinski definition) is 0. The monoisotopic (exact) mass is 574 g/mol. The van der Waals surface area contributed by atoms with Crippen molar-refractivity contribution < 1.29 is 13.9 Å². The summed E-state index contributed by atoms with van der Waals surface area (Å²) in [5.41, 5.74) is 7.42. The zero-order valence-electron chi connectivity index (χ0n) is 24.4. The fourth-order valence-electron chi connectivity index (χ4n) is 5.32. The molecule has 0 aromatic heterocycles. The van der Waals surface area contributed by atoms with Gasteiger partial charge in [-0.1, -0.05) is 132 Å². The number of benzene rings is 5. The van der Waals surface area contributed by atoms with Crippen molar-refractivity contribution >= 4 is 19.7 Å². The third-order valence-corrected chi connectivity index (χ3v) is 9.02. The molecule has 212 valence electrons. The molecule has 5 rings (SSSR count). The molecule has 0 aliphatic rings. The lowest BCUT2D eigenvalue weighted by molar-refractivity contribution is 0.101. The van der Waals surface area contributed by atoms with Crippen LogP contribution >= 0.6 is 8.58 Å². The van der Waals surface area contributed by atoms with Gasteiger partial charge in [-0.05, 0) is 58.6 Å². The van der Waals surface area contributed by atoms with Gasteiger partial charge in [0.05, 0.1) is 0 Å². The molecule has 0 saturated carbocycles. The van der Waals surface area contributed by atoms with Gasteiger partial charge >= 0.3 is 0 Å². The van der Waals surface area contributed by atoms with E-state index in [-0.39, 0.29) is 14.4 Å². The van der Waals surface area contributed by atoms with E-state index in [9.17, 15) is 9.18 Å². The molecule has 42 heavy (non-hydrogen) atoms. The molecule has 1 unspecified atom stereocenters. The first kappa shape index (κ1) is 29.4. The summed E-state index contributed by atoms with van der Waals surface area (Å²) in [7, 11) is 0.225. The van der Waals surface area contributed by atoms with Crippen molar-refractivity contribution in [3.05, 3.63) is 166 Å². The minimum atomic E-state index is -0.397. The number of halogens is 1. The van der Waals surface area contributed by atoms with Gasteiger partial charge < -0.3 is 4.74 Å². The summed E-state index contributed by atoms with van der Waals surface area (Å²) in [5, 5.41) is 0.465. The third-order valence-electron chi connectivity index (χ3n) is 7.42. The number of carbonyl (C=O) groups excluding carboxylic acids is 1. The topological polar surface area (TPSA) is 26.3 Å². The van der Waals surface area contributed by atoms with E-state index in [2.05, 4.69) is 86.6 Å². The Morgan fingerprint density at radius 2 is 1.29 bits per heavy atom. The quantitative estimate of drug-likeness (QED) is 0.116. The summed E-state index contributed by atoms with van der Waals surface area (Å²) in [6, 6.07) is 40.3. The second-order valence-electron chi connectivity index (χ2n) is 11.2. The maximum atomic E-state index is 14.1. The highest BCUT2D eigenvalue weighted by Gasteiger charge is 2.29. The molecule has 0 aliphatic heterocycles. The van der Waals surface area contributed by atoms with Crippen molar-refractivity contribution in [2.24, 2.45) is 0 Å². The zero-order valence-corrected chi connectivity index (χ0v) is 25.4. The third kappa shape index (κ3) is 7.41. The molecule has 0 N–H and O–H groups in total. The largest absolute Gasteiger partial charge is 0.488 e. The van der Waals surface area contributed by atoms with Gasteiger partial charge in [0.25, 0.3) is 0 Å². The summed E-state index contributed by atoms with van der Waals surface area (Å²) in [4.78, 5) is 12.5. The summed E-state index contributed by atoms with van der Waals surface area (Å²) >= 11 is 0. The highest BCUT2D eigenvalue weighted by atomic mass is 31.1. The summed E-state index contributed by atoms with van der Waals surface area (Å²) in [6.45, 7) is 6.34. The van der Waals surface area contributed by atoms with E-state index in [0.29, 0.717) is 12.2 Å². The highest BCUT2D eigenvalue weighted by molar-refractivity contribution is 7.48. The molecule has 1 atom stereocenters. The number of hydrogen-bond acceptors (Lipinski definition) is 2. The summed E-state index contributed by atoms with van der Waals surface area (Å²) in [5.74, 6) is 0.355. The van der Waals surface area contributed by atoms with Gasteiger partial charge in [-0.25, -0.2) is 4.39 Å². The van der Waals surface area contributed by atoms with Crippen LogP contribution < -0.4 is 10.0 Å². The van der Waals surface area contributed by atoms with Crippen molar-refractivity contribution in [3.8, 4) is 5.75 Å². The lowest BCUT2D eigenvalue weighted by Crippen LogP contribution is -2.21. The van der Waals surface area contributed by atoms with Crippen molar-refractivity contribution in [2.75, 3.05) is 0 Å². The maximum absolute atomic E-state index is 14.1. The van der Waals surface area contributed by atoms with Crippen LogP contribution in [0.4, 0.5) is 4.39 Å². The van der Waals surface area contributed by atoms with Crippen LogP contribution in [-0.2, 0) is 24.6 Å². The van der Waals surface area contributed by atoms with Crippen molar-refractivity contribution in [3.63, 3.8) is 0 Å². The lowest BCUT2D eigenvalue weighted by Gasteiger charge is -2.31. The first-order valence-electron chi connectivity index (χ1n) is 14.3. The van der Waals surface area contributed by atoms with Crippen LogP contribution in [0.5, 0.6) is 5.75 Å². The molecule has 0 amide bonds. The Morgan fingerprint density at radius 3 is 1.88 bits per heavy atom. The Labute approximate surface area is 250 Å². The zero-order chi connectivity index (χ0) is 29.5. The van der Waals surface area contributed by atoms with E-state index in [0.717, 1.165) is 40.6 Å². The van der Waals surface area contributed by atoms with Crippen LogP contribution in [0.25, 0.3) is 0 Å². The van der Waals surface area contributed by atoms with Gasteiger partial charge in [0.1, 0.15) is 18.2 Å². The van der Waals surface area contributed by atoms with E-state index in [1.807, 2.05) is 30.3 Å². The normalized spacial score (nSPS) is 11.6. The molecule has 0 saturated heterocycles. The molecule has 0 spiro atoms. The highest BCUT2D eigenvalue weighted by Crippen LogP contribution is 2.47. The molecule has 5 aromatic carbocycles. The first-order chi connectivity index (χ1) is 20.3. The molecule has 2 nitrogen and oxygen atoms in total. The van der Waals surface area contributed by atoms with E-state index >= 15 is 0 Å². The number of ketones is 1. The molecule has 0 fully saturated rings. The van der Waals surface area contributed by atoms with Gasteiger partial charge in [-0.15, -0.1) is 0 Å². The number of carbonyl (C=O) groups is 1. The van der Waals surface area contributed by atoms with Gasteiger partial charge in [-0.3, -0.25) is 4.79 Å². The Kier molecular flexibility index (Phi) is 9.30. The Balaban J connectivity index is 1.64. The van der Waals surface area contributed by atoms with E-state index in [4.69, 9.17) is 4.74 Å². The molecular formula is C38H36FO2P. The average molecular weight is 575 g/mol. The van der Waals surface area contributed by atoms with Crippen molar-refractivity contribution in [1.29, 1.82) is 0 Å². The first-order valence-corrected chi connectivity index (χ1v) is 15.3. The minimum absolute atomic E-state index is 0.129. The van der Waals surface area contributed by atoms with Gasteiger partial charge in [0.2, 0.25) is 0 Å². The van der Waals surface area contributed by atoms with Crippen LogP contribution in [0.2, 0.25) is 0 Å². The molecule has 0 aliphatic carbocycles. The predicted molar refractivity (Wildman–Crippen MR) is 173 cm³/mol. The maximum Gasteiger partial charge on any atom is 0.160 e. The van der Waals surface area contributed by atoms with Crippen LogP contribution in [0.3, 0.4) is 0 Å². The molecule has 0 radical (unpaired) electrons. The number of ether oxygens (including phenoxy) is 1. The average Bonchev–Trinajstić information content (AvgIpc) is 2.99. The van der Waals surface area contributed by atoms with E-state index in [1.54, 1.807) is 6.07 Å².